The summed E-state index contributed by atoms with van der Waals surface area (Å²) in [6, 6.07) is 3.59. The number of carbonyl (C=O) groups is 1. The maximum absolute atomic E-state index is 13.6. The molecule has 0 aliphatic heterocycles. The second-order valence-electron chi connectivity index (χ2n) is 4.34. The molecule has 2 N–H and O–H groups in total. The monoisotopic (exact) mass is 355 g/mol. The third kappa shape index (κ3) is 3.36. The number of rotatable bonds is 3. The third-order valence-electron chi connectivity index (χ3n) is 2.84. The van der Waals surface area contributed by atoms with Crippen LogP contribution in [0.25, 0.3) is 0 Å². The van der Waals surface area contributed by atoms with Gasteiger partial charge in [0.25, 0.3) is 5.91 Å². The van der Waals surface area contributed by atoms with Crippen LogP contribution in [0, 0.1) is 18.6 Å². The Balaban J connectivity index is 2.26. The molecule has 110 valence electrons. The van der Waals surface area contributed by atoms with E-state index < -0.39 is 17.5 Å². The number of amides is 1. The Kier molecular flexibility index (Phi) is 4.52. The Morgan fingerprint density at radius 3 is 2.38 bits per heavy atom. The summed E-state index contributed by atoms with van der Waals surface area (Å²) < 4.78 is 28.0. The van der Waals surface area contributed by atoms with Crippen LogP contribution in [0.4, 0.5) is 20.3 Å². The number of aromatic nitrogens is 1. The van der Waals surface area contributed by atoms with Crippen molar-refractivity contribution in [3.63, 3.8) is 0 Å². The van der Waals surface area contributed by atoms with E-state index in [1.54, 1.807) is 6.07 Å². The SMILES string of the molecule is CNc1c(F)cc(C(=O)Nc2cc(C)c(Br)cn2)cc1F. The summed E-state index contributed by atoms with van der Waals surface area (Å²) in [6.45, 7) is 1.84. The van der Waals surface area contributed by atoms with Crippen molar-refractivity contribution in [3.8, 4) is 0 Å². The van der Waals surface area contributed by atoms with Crippen molar-refractivity contribution in [2.24, 2.45) is 0 Å². The standard InChI is InChI=1S/C14H12BrF2N3O/c1-7-3-12(19-6-9(7)15)20-14(21)8-4-10(16)13(18-2)11(17)5-8/h3-6,18H,1-2H3,(H,19,20,21). The zero-order valence-corrected chi connectivity index (χ0v) is 12.9. The fraction of sp³-hybridized carbons (Fsp3) is 0.143. The molecule has 0 unspecified atom stereocenters. The number of nitrogens with zero attached hydrogens (tertiary/aromatic N) is 1. The molecule has 1 aromatic heterocycles. The van der Waals surface area contributed by atoms with E-state index in [-0.39, 0.29) is 11.3 Å². The van der Waals surface area contributed by atoms with Crippen molar-refractivity contribution in [2.45, 2.75) is 6.92 Å². The first-order valence-corrected chi connectivity index (χ1v) is 6.82. The minimum Gasteiger partial charge on any atom is -0.383 e. The van der Waals surface area contributed by atoms with E-state index >= 15 is 0 Å². The lowest BCUT2D eigenvalue weighted by Crippen LogP contribution is -2.14. The quantitative estimate of drug-likeness (QED) is 0.881. The van der Waals surface area contributed by atoms with Crippen LogP contribution in [0.5, 0.6) is 0 Å². The van der Waals surface area contributed by atoms with Gasteiger partial charge in [0.1, 0.15) is 23.1 Å². The average molecular weight is 356 g/mol. The van der Waals surface area contributed by atoms with Gasteiger partial charge in [-0.2, -0.15) is 0 Å². The predicted molar refractivity (Wildman–Crippen MR) is 80.5 cm³/mol. The van der Waals surface area contributed by atoms with E-state index in [9.17, 15) is 13.6 Å². The van der Waals surface area contributed by atoms with Gasteiger partial charge in [-0.05, 0) is 46.6 Å². The fourth-order valence-corrected chi connectivity index (χ4v) is 1.96. The fourth-order valence-electron chi connectivity index (χ4n) is 1.74. The second-order valence-corrected chi connectivity index (χ2v) is 5.19. The number of benzene rings is 1. The topological polar surface area (TPSA) is 54.0 Å². The van der Waals surface area contributed by atoms with Crippen LogP contribution in [0.15, 0.2) is 28.9 Å². The summed E-state index contributed by atoms with van der Waals surface area (Å²) in [5, 5.41) is 4.89. The van der Waals surface area contributed by atoms with Crippen molar-refractivity contribution >= 4 is 33.3 Å². The first-order chi connectivity index (χ1) is 9.92. The lowest BCUT2D eigenvalue weighted by atomic mass is 10.1. The van der Waals surface area contributed by atoms with Gasteiger partial charge < -0.3 is 10.6 Å². The molecular formula is C14H12BrF2N3O. The first-order valence-electron chi connectivity index (χ1n) is 6.02. The molecule has 0 saturated heterocycles. The first kappa shape index (κ1) is 15.4. The highest BCUT2D eigenvalue weighted by Crippen LogP contribution is 2.21. The van der Waals surface area contributed by atoms with Crippen molar-refractivity contribution in [3.05, 3.63) is 51.6 Å². The lowest BCUT2D eigenvalue weighted by Gasteiger charge is -2.09. The Morgan fingerprint density at radius 1 is 1.24 bits per heavy atom. The van der Waals surface area contributed by atoms with Crippen LogP contribution >= 0.6 is 15.9 Å². The van der Waals surface area contributed by atoms with E-state index in [0.717, 1.165) is 22.2 Å². The van der Waals surface area contributed by atoms with Crippen molar-refractivity contribution < 1.29 is 13.6 Å². The van der Waals surface area contributed by atoms with E-state index in [2.05, 4.69) is 31.5 Å². The van der Waals surface area contributed by atoms with Crippen LogP contribution in [-0.2, 0) is 0 Å². The van der Waals surface area contributed by atoms with Crippen LogP contribution < -0.4 is 10.6 Å². The molecule has 0 aliphatic carbocycles. The van der Waals surface area contributed by atoms with Crippen molar-refractivity contribution in [2.75, 3.05) is 17.7 Å². The number of hydrogen-bond donors (Lipinski definition) is 2. The molecule has 4 nitrogen and oxygen atoms in total. The van der Waals surface area contributed by atoms with Gasteiger partial charge in [-0.25, -0.2) is 13.8 Å². The van der Waals surface area contributed by atoms with Crippen molar-refractivity contribution in [1.82, 2.24) is 4.98 Å². The summed E-state index contributed by atoms with van der Waals surface area (Å²) in [6.07, 6.45) is 1.54. The molecule has 1 aromatic carbocycles. The molecule has 21 heavy (non-hydrogen) atoms. The summed E-state index contributed by atoms with van der Waals surface area (Å²) >= 11 is 3.29. The molecule has 0 saturated carbocycles. The van der Waals surface area contributed by atoms with E-state index in [1.807, 2.05) is 6.92 Å². The molecular weight excluding hydrogens is 344 g/mol. The van der Waals surface area contributed by atoms with Gasteiger partial charge in [0.15, 0.2) is 0 Å². The van der Waals surface area contributed by atoms with Crippen LogP contribution in [-0.4, -0.2) is 17.9 Å². The predicted octanol–water partition coefficient (Wildman–Crippen LogP) is 3.72. The zero-order valence-electron chi connectivity index (χ0n) is 11.3. The van der Waals surface area contributed by atoms with E-state index in [4.69, 9.17) is 0 Å². The van der Waals surface area contributed by atoms with Gasteiger partial charge in [-0.15, -0.1) is 0 Å². The maximum Gasteiger partial charge on any atom is 0.257 e. The zero-order chi connectivity index (χ0) is 15.6. The molecule has 0 bridgehead atoms. The Bertz CT molecular complexity index is 684. The molecule has 0 atom stereocenters. The minimum atomic E-state index is -0.831. The number of halogens is 3. The molecule has 7 heteroatoms. The summed E-state index contributed by atoms with van der Waals surface area (Å²) in [7, 11) is 1.40. The Morgan fingerprint density at radius 2 is 1.86 bits per heavy atom. The Hall–Kier alpha value is -2.02. The summed E-state index contributed by atoms with van der Waals surface area (Å²) in [5.74, 6) is -1.99. The molecule has 0 spiro atoms. The molecule has 2 aromatic rings. The smallest absolute Gasteiger partial charge is 0.257 e. The normalized spacial score (nSPS) is 10.3. The van der Waals surface area contributed by atoms with Gasteiger partial charge in [0.2, 0.25) is 0 Å². The van der Waals surface area contributed by atoms with Crippen LogP contribution in [0.1, 0.15) is 15.9 Å². The van der Waals surface area contributed by atoms with Gasteiger partial charge >= 0.3 is 0 Å². The van der Waals surface area contributed by atoms with Crippen LogP contribution in [0.3, 0.4) is 0 Å². The van der Waals surface area contributed by atoms with Crippen molar-refractivity contribution in [1.29, 1.82) is 0 Å². The summed E-state index contributed by atoms with van der Waals surface area (Å²) in [4.78, 5) is 16.0. The molecule has 0 fully saturated rings. The van der Waals surface area contributed by atoms with Gasteiger partial charge in [0, 0.05) is 23.3 Å². The number of anilines is 2. The molecule has 0 aliphatic rings. The number of pyridine rings is 1. The highest BCUT2D eigenvalue weighted by Gasteiger charge is 2.15. The highest BCUT2D eigenvalue weighted by atomic mass is 79.9. The largest absolute Gasteiger partial charge is 0.383 e. The molecule has 2 rings (SSSR count). The van der Waals surface area contributed by atoms with Gasteiger partial charge in [0.05, 0.1) is 0 Å². The average Bonchev–Trinajstić information content (AvgIpc) is 2.42. The highest BCUT2D eigenvalue weighted by molar-refractivity contribution is 9.10. The number of carbonyl (C=O) groups excluding carboxylic acids is 1. The maximum atomic E-state index is 13.6. The van der Waals surface area contributed by atoms with Gasteiger partial charge in [-0.1, -0.05) is 0 Å². The Labute approximate surface area is 128 Å². The number of nitrogens with one attached hydrogen (secondary N) is 2. The van der Waals surface area contributed by atoms with E-state index in [0.29, 0.717) is 5.82 Å². The third-order valence-corrected chi connectivity index (χ3v) is 3.67. The molecule has 1 amide bonds. The molecule has 0 radical (unpaired) electrons. The van der Waals surface area contributed by atoms with Crippen LogP contribution in [0.2, 0.25) is 0 Å². The number of aryl methyl sites for hydroxylation is 1. The lowest BCUT2D eigenvalue weighted by molar-refractivity contribution is 0.102. The summed E-state index contributed by atoms with van der Waals surface area (Å²) in [5.41, 5.74) is 0.485. The van der Waals surface area contributed by atoms with Gasteiger partial charge in [-0.3, -0.25) is 4.79 Å². The number of hydrogen-bond acceptors (Lipinski definition) is 3. The molecule has 1 heterocycles. The second kappa shape index (κ2) is 6.17. The minimum absolute atomic E-state index is 0.119. The van der Waals surface area contributed by atoms with E-state index in [1.165, 1.54) is 13.2 Å².